The molecule has 1 aromatic carbocycles. The van der Waals surface area contributed by atoms with Crippen molar-refractivity contribution < 1.29 is 13.2 Å². The molecule has 7 nitrogen and oxygen atoms in total. The highest BCUT2D eigenvalue weighted by Crippen LogP contribution is 2.38. The van der Waals surface area contributed by atoms with Gasteiger partial charge in [0.25, 0.3) is 11.1 Å². The molecule has 5 rings (SSSR count). The minimum absolute atomic E-state index is 0.0899. The largest absolute Gasteiger partial charge is 0.416 e. The van der Waals surface area contributed by atoms with Gasteiger partial charge < -0.3 is 15.2 Å². The highest BCUT2D eigenvalue weighted by atomic mass is 19.4. The maximum atomic E-state index is 13.5. The molecule has 186 valence electrons. The van der Waals surface area contributed by atoms with E-state index in [1.165, 1.54) is 24.7 Å². The van der Waals surface area contributed by atoms with Crippen LogP contribution in [0.15, 0.2) is 34.0 Å². The first-order valence-electron chi connectivity index (χ1n) is 11.9. The van der Waals surface area contributed by atoms with E-state index in [-0.39, 0.29) is 28.8 Å². The summed E-state index contributed by atoms with van der Waals surface area (Å²) in [6, 6.07) is 3.46. The first-order valence-corrected chi connectivity index (χ1v) is 11.9. The second kappa shape index (κ2) is 8.51. The first kappa shape index (κ1) is 23.6. The number of hydrogen-bond acceptors (Lipinski definition) is 5. The molecule has 35 heavy (non-hydrogen) atoms. The fourth-order valence-electron chi connectivity index (χ4n) is 5.17. The van der Waals surface area contributed by atoms with Gasteiger partial charge >= 0.3 is 6.18 Å². The zero-order valence-electron chi connectivity index (χ0n) is 19.9. The number of aromatic nitrogens is 3. The maximum absolute atomic E-state index is 13.5. The number of fused-ring (bicyclic) bond motifs is 1. The Morgan fingerprint density at radius 2 is 1.91 bits per heavy atom. The standard InChI is InChI=1S/C25H28F3N5O2/c1-13-16(6-4-7-18(13)25(26,27)28)14(2)30-22-17-12-33(15-9-10-15)24(35)21(19-8-5-11-29-19)20(17)23(34)32(3)31-22/h4,6-7,12,14-15,19,29H,5,8-11H2,1-3H3,(H,30,31)/t14?,19-/m0/s1. The van der Waals surface area contributed by atoms with Crippen molar-refractivity contribution in [3.05, 3.63) is 67.4 Å². The summed E-state index contributed by atoms with van der Waals surface area (Å²) in [7, 11) is 1.52. The molecule has 3 aromatic rings. The van der Waals surface area contributed by atoms with Crippen molar-refractivity contribution in [2.24, 2.45) is 7.05 Å². The van der Waals surface area contributed by atoms with Crippen molar-refractivity contribution in [3.8, 4) is 0 Å². The van der Waals surface area contributed by atoms with E-state index in [2.05, 4.69) is 15.7 Å². The third-order valence-corrected chi connectivity index (χ3v) is 7.13. The number of alkyl halides is 3. The van der Waals surface area contributed by atoms with Crippen molar-refractivity contribution in [1.82, 2.24) is 19.7 Å². The van der Waals surface area contributed by atoms with Crippen LogP contribution in [0, 0.1) is 6.92 Å². The molecule has 0 radical (unpaired) electrons. The van der Waals surface area contributed by atoms with Crippen LogP contribution in [0.2, 0.25) is 0 Å². The lowest BCUT2D eigenvalue weighted by Gasteiger charge is -2.22. The Balaban J connectivity index is 1.67. The summed E-state index contributed by atoms with van der Waals surface area (Å²) in [6.07, 6.45) is 0.689. The molecule has 1 unspecified atom stereocenters. The lowest BCUT2D eigenvalue weighted by atomic mass is 9.97. The van der Waals surface area contributed by atoms with E-state index >= 15 is 0 Å². The predicted molar refractivity (Wildman–Crippen MR) is 128 cm³/mol. The summed E-state index contributed by atoms with van der Waals surface area (Å²) in [5.41, 5.74) is -0.121. The lowest BCUT2D eigenvalue weighted by molar-refractivity contribution is -0.138. The second-order valence-electron chi connectivity index (χ2n) is 9.58. The van der Waals surface area contributed by atoms with Gasteiger partial charge in [-0.2, -0.15) is 18.3 Å². The highest BCUT2D eigenvalue weighted by Gasteiger charge is 2.34. The van der Waals surface area contributed by atoms with Gasteiger partial charge in [0, 0.05) is 36.3 Å². The van der Waals surface area contributed by atoms with Crippen LogP contribution in [-0.2, 0) is 13.2 Å². The number of halogens is 3. The average molecular weight is 488 g/mol. The number of pyridine rings is 1. The van der Waals surface area contributed by atoms with Gasteiger partial charge in [-0.3, -0.25) is 9.59 Å². The predicted octanol–water partition coefficient (Wildman–Crippen LogP) is 4.35. The van der Waals surface area contributed by atoms with E-state index in [0.29, 0.717) is 27.7 Å². The molecule has 0 bridgehead atoms. The third-order valence-electron chi connectivity index (χ3n) is 7.13. The molecule has 2 fully saturated rings. The molecule has 2 aliphatic rings. The van der Waals surface area contributed by atoms with Crippen LogP contribution in [-0.4, -0.2) is 20.9 Å². The van der Waals surface area contributed by atoms with E-state index in [4.69, 9.17) is 0 Å². The third kappa shape index (κ3) is 4.13. The Labute approximate surface area is 200 Å². The molecule has 1 aliphatic carbocycles. The Kier molecular flexibility index (Phi) is 5.74. The van der Waals surface area contributed by atoms with E-state index in [1.54, 1.807) is 23.8 Å². The van der Waals surface area contributed by atoms with E-state index in [9.17, 15) is 22.8 Å². The highest BCUT2D eigenvalue weighted by molar-refractivity contribution is 5.93. The molecule has 1 saturated heterocycles. The zero-order chi connectivity index (χ0) is 25.1. The Morgan fingerprint density at radius 1 is 1.17 bits per heavy atom. The first-order chi connectivity index (χ1) is 16.6. The van der Waals surface area contributed by atoms with Crippen molar-refractivity contribution in [1.29, 1.82) is 0 Å². The zero-order valence-corrected chi connectivity index (χ0v) is 19.9. The van der Waals surface area contributed by atoms with Crippen LogP contribution < -0.4 is 21.8 Å². The molecule has 10 heteroatoms. The number of nitrogens with one attached hydrogen (secondary N) is 2. The number of anilines is 1. The molecule has 0 amide bonds. The molecule has 2 N–H and O–H groups in total. The lowest BCUT2D eigenvalue weighted by Crippen LogP contribution is -2.33. The molecule has 0 spiro atoms. The molecule has 1 aliphatic heterocycles. The van der Waals surface area contributed by atoms with Gasteiger partial charge in [-0.15, -0.1) is 0 Å². The summed E-state index contributed by atoms with van der Waals surface area (Å²) in [4.78, 5) is 26.7. The molecular formula is C25H28F3N5O2. The van der Waals surface area contributed by atoms with E-state index in [1.807, 2.05) is 0 Å². The van der Waals surface area contributed by atoms with Crippen LogP contribution in [0.25, 0.3) is 10.8 Å². The number of benzene rings is 1. The van der Waals surface area contributed by atoms with Gasteiger partial charge in [-0.25, -0.2) is 4.68 Å². The van der Waals surface area contributed by atoms with Crippen LogP contribution in [0.4, 0.5) is 19.0 Å². The summed E-state index contributed by atoms with van der Waals surface area (Å²) < 4.78 is 43.3. The normalized spacial score (nSPS) is 19.3. The molecule has 2 atom stereocenters. The van der Waals surface area contributed by atoms with Gasteiger partial charge in [-0.05, 0) is 63.3 Å². The van der Waals surface area contributed by atoms with Crippen LogP contribution >= 0.6 is 0 Å². The van der Waals surface area contributed by atoms with Gasteiger partial charge in [0.2, 0.25) is 0 Å². The number of rotatable bonds is 5. The smallest absolute Gasteiger partial charge is 0.362 e. The SMILES string of the molecule is Cc1c(C(C)Nc2nn(C)c(=O)c3c([C@@H]4CCCN4)c(=O)n(C4CC4)cc23)cccc1C(F)(F)F. The fourth-order valence-corrected chi connectivity index (χ4v) is 5.17. The van der Waals surface area contributed by atoms with Gasteiger partial charge in [0.05, 0.1) is 17.0 Å². The van der Waals surface area contributed by atoms with Crippen molar-refractivity contribution in [2.45, 2.75) is 63.8 Å². The average Bonchev–Trinajstić information content (AvgIpc) is 3.49. The van der Waals surface area contributed by atoms with Crippen LogP contribution in [0.1, 0.15) is 73.0 Å². The Hall–Kier alpha value is -3.14. The molecule has 2 aromatic heterocycles. The topological polar surface area (TPSA) is 81.0 Å². The molecule has 1 saturated carbocycles. The number of hydrogen-bond donors (Lipinski definition) is 2. The number of nitrogens with zero attached hydrogens (tertiary/aromatic N) is 3. The molecular weight excluding hydrogens is 459 g/mol. The second-order valence-corrected chi connectivity index (χ2v) is 9.58. The number of aryl methyl sites for hydroxylation is 1. The van der Waals surface area contributed by atoms with Crippen LogP contribution in [0.5, 0.6) is 0 Å². The summed E-state index contributed by atoms with van der Waals surface area (Å²) in [5.74, 6) is 0.361. The van der Waals surface area contributed by atoms with Crippen molar-refractivity contribution >= 4 is 16.6 Å². The minimum atomic E-state index is -4.45. The van der Waals surface area contributed by atoms with E-state index in [0.717, 1.165) is 38.3 Å². The maximum Gasteiger partial charge on any atom is 0.416 e. The molecule has 3 heterocycles. The van der Waals surface area contributed by atoms with Gasteiger partial charge in [0.1, 0.15) is 0 Å². The van der Waals surface area contributed by atoms with Crippen LogP contribution in [0.3, 0.4) is 0 Å². The summed E-state index contributed by atoms with van der Waals surface area (Å²) in [6.45, 7) is 3.99. The summed E-state index contributed by atoms with van der Waals surface area (Å²) >= 11 is 0. The fraction of sp³-hybridized carbons (Fsp3) is 0.480. The quantitative estimate of drug-likeness (QED) is 0.559. The van der Waals surface area contributed by atoms with Gasteiger partial charge in [0.15, 0.2) is 5.82 Å². The van der Waals surface area contributed by atoms with E-state index < -0.39 is 17.8 Å². The Morgan fingerprint density at radius 3 is 2.54 bits per heavy atom. The summed E-state index contributed by atoms with van der Waals surface area (Å²) in [5, 5.41) is 11.8. The van der Waals surface area contributed by atoms with Gasteiger partial charge in [-0.1, -0.05) is 12.1 Å². The van der Waals surface area contributed by atoms with Crippen molar-refractivity contribution in [2.75, 3.05) is 11.9 Å². The Bertz CT molecular complexity index is 1420. The monoisotopic (exact) mass is 487 g/mol. The minimum Gasteiger partial charge on any atom is -0.362 e. The van der Waals surface area contributed by atoms with Crippen molar-refractivity contribution in [3.63, 3.8) is 0 Å².